The van der Waals surface area contributed by atoms with Crippen LogP contribution >= 0.6 is 0 Å². The normalized spacial score (nSPS) is 9.00. The first-order valence-electron chi connectivity index (χ1n) is 2.92. The average molecular weight is 145 g/mol. The van der Waals surface area contributed by atoms with Gasteiger partial charge in [-0.1, -0.05) is 0 Å². The minimum absolute atomic E-state index is 0.00722. The number of amides is 1. The first-order valence-corrected chi connectivity index (χ1v) is 2.92. The van der Waals surface area contributed by atoms with Crippen LogP contribution in [0.2, 0.25) is 0 Å². The molecule has 0 aliphatic heterocycles. The molecule has 0 radical (unpaired) electrons. The Balaban J connectivity index is 3.30. The number of nitrogens with one attached hydrogen (secondary N) is 1. The van der Waals surface area contributed by atoms with Crippen molar-refractivity contribution in [2.75, 3.05) is 20.3 Å². The third kappa shape index (κ3) is 5.24. The van der Waals surface area contributed by atoms with E-state index >= 15 is 0 Å². The summed E-state index contributed by atoms with van der Waals surface area (Å²) in [5, 5.41) is 2.37. The number of ether oxygens (including phenoxy) is 1. The van der Waals surface area contributed by atoms with Gasteiger partial charge in [0.05, 0.1) is 6.54 Å². The Morgan fingerprint density at radius 1 is 1.50 bits per heavy atom. The molecule has 0 aromatic rings. The van der Waals surface area contributed by atoms with Gasteiger partial charge in [-0.3, -0.25) is 9.59 Å². The molecule has 4 heteroatoms. The molecule has 0 heterocycles. The second-order valence-corrected chi connectivity index (χ2v) is 1.91. The van der Waals surface area contributed by atoms with Gasteiger partial charge in [0, 0.05) is 7.11 Å². The van der Waals surface area contributed by atoms with Crippen LogP contribution in [0.25, 0.3) is 0 Å². The molecule has 0 rings (SSSR count). The van der Waals surface area contributed by atoms with Gasteiger partial charge in [-0.15, -0.1) is 0 Å². The first kappa shape index (κ1) is 9.10. The van der Waals surface area contributed by atoms with Crippen molar-refractivity contribution in [2.24, 2.45) is 0 Å². The Kier molecular flexibility index (Phi) is 4.49. The van der Waals surface area contributed by atoms with Gasteiger partial charge in [0.15, 0.2) is 0 Å². The molecule has 0 saturated carbocycles. The van der Waals surface area contributed by atoms with Crippen molar-refractivity contribution < 1.29 is 14.3 Å². The topological polar surface area (TPSA) is 55.4 Å². The molecule has 1 amide bonds. The van der Waals surface area contributed by atoms with Crippen LogP contribution in [0.4, 0.5) is 0 Å². The second kappa shape index (κ2) is 4.93. The summed E-state index contributed by atoms with van der Waals surface area (Å²) in [6, 6.07) is 0. The average Bonchev–Trinajstić information content (AvgIpc) is 1.85. The SMILES string of the molecule is COCC(=O)NCC(C)=O. The van der Waals surface area contributed by atoms with E-state index in [1.807, 2.05) is 0 Å². The fourth-order valence-corrected chi connectivity index (χ4v) is 0.405. The van der Waals surface area contributed by atoms with E-state index in [1.165, 1.54) is 14.0 Å². The zero-order valence-electron chi connectivity index (χ0n) is 6.14. The van der Waals surface area contributed by atoms with Crippen LogP contribution < -0.4 is 5.32 Å². The van der Waals surface area contributed by atoms with E-state index in [1.54, 1.807) is 0 Å². The number of rotatable bonds is 4. The van der Waals surface area contributed by atoms with Gasteiger partial charge in [0.2, 0.25) is 5.91 Å². The van der Waals surface area contributed by atoms with Crippen molar-refractivity contribution in [3.8, 4) is 0 Å². The molecule has 0 unspecified atom stereocenters. The molecule has 0 aliphatic carbocycles. The van der Waals surface area contributed by atoms with Crippen molar-refractivity contribution in [3.63, 3.8) is 0 Å². The van der Waals surface area contributed by atoms with Crippen LogP contribution in [0.5, 0.6) is 0 Å². The van der Waals surface area contributed by atoms with Crippen molar-refractivity contribution in [3.05, 3.63) is 0 Å². The molecule has 4 nitrogen and oxygen atoms in total. The molecular formula is C6H11NO3. The molecule has 0 spiro atoms. The summed E-state index contributed by atoms with van der Waals surface area (Å²) in [5.41, 5.74) is 0. The maximum atomic E-state index is 10.6. The third-order valence-electron chi connectivity index (χ3n) is 0.810. The van der Waals surface area contributed by atoms with Gasteiger partial charge < -0.3 is 10.1 Å². The number of Topliss-reactive ketones (excluding diaryl/α,β-unsaturated/α-hetero) is 1. The van der Waals surface area contributed by atoms with Crippen LogP contribution in [0, 0.1) is 0 Å². The molecule has 0 aliphatic rings. The van der Waals surface area contributed by atoms with E-state index in [4.69, 9.17) is 0 Å². The molecule has 0 fully saturated rings. The highest BCUT2D eigenvalue weighted by molar-refractivity contribution is 5.84. The van der Waals surface area contributed by atoms with E-state index in [9.17, 15) is 9.59 Å². The van der Waals surface area contributed by atoms with Gasteiger partial charge in [0.25, 0.3) is 0 Å². The monoisotopic (exact) mass is 145 g/mol. The third-order valence-corrected chi connectivity index (χ3v) is 0.810. The Morgan fingerprint density at radius 2 is 2.10 bits per heavy atom. The lowest BCUT2D eigenvalue weighted by Gasteiger charge is -1.99. The number of hydrogen-bond donors (Lipinski definition) is 1. The summed E-state index contributed by atoms with van der Waals surface area (Å²) in [5.74, 6) is -0.331. The zero-order valence-corrected chi connectivity index (χ0v) is 6.14. The molecule has 0 atom stereocenters. The highest BCUT2D eigenvalue weighted by Crippen LogP contribution is 1.69. The maximum absolute atomic E-state index is 10.6. The van der Waals surface area contributed by atoms with Gasteiger partial charge in [-0.25, -0.2) is 0 Å². The molecule has 0 bridgehead atoms. The number of carbonyl (C=O) groups is 2. The quantitative estimate of drug-likeness (QED) is 0.571. The largest absolute Gasteiger partial charge is 0.375 e. The second-order valence-electron chi connectivity index (χ2n) is 1.91. The minimum atomic E-state index is -0.266. The van der Waals surface area contributed by atoms with Crippen molar-refractivity contribution in [1.29, 1.82) is 0 Å². The van der Waals surface area contributed by atoms with Crippen LogP contribution in [-0.2, 0) is 14.3 Å². The summed E-state index contributed by atoms with van der Waals surface area (Å²) >= 11 is 0. The number of carbonyl (C=O) groups excluding carboxylic acids is 2. The summed E-state index contributed by atoms with van der Waals surface area (Å²) < 4.78 is 4.51. The predicted molar refractivity (Wildman–Crippen MR) is 35.6 cm³/mol. The molecule has 10 heavy (non-hydrogen) atoms. The highest BCUT2D eigenvalue weighted by atomic mass is 16.5. The maximum Gasteiger partial charge on any atom is 0.246 e. The van der Waals surface area contributed by atoms with Crippen LogP contribution in [-0.4, -0.2) is 32.0 Å². The highest BCUT2D eigenvalue weighted by Gasteiger charge is 1.99. The number of methoxy groups -OCH3 is 1. The Labute approximate surface area is 59.6 Å². The van der Waals surface area contributed by atoms with Crippen molar-refractivity contribution in [2.45, 2.75) is 6.92 Å². The summed E-state index contributed by atoms with van der Waals surface area (Å²) in [4.78, 5) is 20.9. The first-order chi connectivity index (χ1) is 4.66. The van der Waals surface area contributed by atoms with Gasteiger partial charge in [-0.05, 0) is 6.92 Å². The van der Waals surface area contributed by atoms with E-state index in [-0.39, 0.29) is 24.8 Å². The van der Waals surface area contributed by atoms with Gasteiger partial charge >= 0.3 is 0 Å². The number of hydrogen-bond acceptors (Lipinski definition) is 3. The van der Waals surface area contributed by atoms with E-state index < -0.39 is 0 Å². The summed E-state index contributed by atoms with van der Waals surface area (Å²) in [6.07, 6.45) is 0. The molecule has 0 saturated heterocycles. The van der Waals surface area contributed by atoms with Crippen molar-refractivity contribution in [1.82, 2.24) is 5.32 Å². The standard InChI is InChI=1S/C6H11NO3/c1-5(8)3-7-6(9)4-10-2/h3-4H2,1-2H3,(H,7,9). The molecule has 0 aromatic heterocycles. The Morgan fingerprint density at radius 3 is 2.50 bits per heavy atom. The molecule has 1 N–H and O–H groups in total. The van der Waals surface area contributed by atoms with E-state index in [0.717, 1.165) is 0 Å². The molecular weight excluding hydrogens is 134 g/mol. The van der Waals surface area contributed by atoms with Crippen LogP contribution in [0.1, 0.15) is 6.92 Å². The van der Waals surface area contributed by atoms with Gasteiger partial charge in [0.1, 0.15) is 12.4 Å². The van der Waals surface area contributed by atoms with E-state index in [0.29, 0.717) is 0 Å². The predicted octanol–water partition coefficient (Wildman–Crippen LogP) is -0.662. The number of ketones is 1. The lowest BCUT2D eigenvalue weighted by atomic mass is 10.4. The Bertz CT molecular complexity index is 133. The van der Waals surface area contributed by atoms with E-state index in [2.05, 4.69) is 10.1 Å². The fraction of sp³-hybridized carbons (Fsp3) is 0.667. The van der Waals surface area contributed by atoms with Crippen LogP contribution in [0.3, 0.4) is 0 Å². The lowest BCUT2D eigenvalue weighted by Crippen LogP contribution is -2.31. The lowest BCUT2D eigenvalue weighted by molar-refractivity contribution is -0.127. The van der Waals surface area contributed by atoms with Gasteiger partial charge in [-0.2, -0.15) is 0 Å². The summed E-state index contributed by atoms with van der Waals surface area (Å²) in [6.45, 7) is 1.50. The fourth-order valence-electron chi connectivity index (χ4n) is 0.405. The van der Waals surface area contributed by atoms with Crippen molar-refractivity contribution >= 4 is 11.7 Å². The molecule has 0 aromatic carbocycles. The minimum Gasteiger partial charge on any atom is -0.375 e. The van der Waals surface area contributed by atoms with Crippen LogP contribution in [0.15, 0.2) is 0 Å². The molecule has 58 valence electrons. The smallest absolute Gasteiger partial charge is 0.246 e. The zero-order chi connectivity index (χ0) is 7.98. The summed E-state index contributed by atoms with van der Waals surface area (Å²) in [7, 11) is 1.42. The Hall–Kier alpha value is -0.900.